The Morgan fingerprint density at radius 2 is 1.64 bits per heavy atom. The van der Waals surface area contributed by atoms with Crippen molar-refractivity contribution in [1.82, 2.24) is 10.2 Å². The van der Waals surface area contributed by atoms with Crippen molar-refractivity contribution in [3.63, 3.8) is 0 Å². The van der Waals surface area contributed by atoms with Gasteiger partial charge in [0.15, 0.2) is 0 Å². The largest absolute Gasteiger partial charge is 0.348 e. The molecule has 0 aliphatic carbocycles. The highest BCUT2D eigenvalue weighted by atomic mass is 35.5. The van der Waals surface area contributed by atoms with E-state index in [9.17, 15) is 9.59 Å². The Kier molecular flexibility index (Phi) is 7.61. The second-order valence-corrected chi connectivity index (χ2v) is 7.77. The van der Waals surface area contributed by atoms with E-state index in [1.807, 2.05) is 58.0 Å². The number of nitrogens with one attached hydrogen (secondary N) is 2. The maximum Gasteiger partial charge on any atom is 0.238 e. The van der Waals surface area contributed by atoms with Gasteiger partial charge in [-0.25, -0.2) is 0 Å². The highest BCUT2D eigenvalue weighted by molar-refractivity contribution is 6.30. The average molecular weight is 402 g/mol. The summed E-state index contributed by atoms with van der Waals surface area (Å²) in [4.78, 5) is 26.4. The van der Waals surface area contributed by atoms with Gasteiger partial charge in [0, 0.05) is 10.7 Å². The lowest BCUT2D eigenvalue weighted by atomic mass is 10.1. The fourth-order valence-electron chi connectivity index (χ4n) is 3.25. The zero-order valence-electron chi connectivity index (χ0n) is 17.1. The van der Waals surface area contributed by atoms with Crippen LogP contribution >= 0.6 is 11.6 Å². The fourth-order valence-corrected chi connectivity index (χ4v) is 3.45. The molecule has 0 bridgehead atoms. The Labute approximate surface area is 172 Å². The molecule has 0 saturated carbocycles. The maximum atomic E-state index is 12.4. The lowest BCUT2D eigenvalue weighted by molar-refractivity contribution is -0.123. The van der Waals surface area contributed by atoms with Gasteiger partial charge in [0.05, 0.1) is 19.1 Å². The number of hydrogen-bond donors (Lipinski definition) is 2. The fraction of sp³-hybridized carbons (Fsp3) is 0.364. The van der Waals surface area contributed by atoms with Crippen molar-refractivity contribution in [2.45, 2.75) is 33.7 Å². The summed E-state index contributed by atoms with van der Waals surface area (Å²) in [5.41, 5.74) is 4.99. The number of benzene rings is 2. The second kappa shape index (κ2) is 9.71. The Balaban J connectivity index is 1.86. The Bertz CT molecular complexity index is 844. The molecular formula is C22H28ClN3O2. The van der Waals surface area contributed by atoms with E-state index in [0.29, 0.717) is 5.02 Å². The molecule has 0 aliphatic rings. The first kappa shape index (κ1) is 21.9. The van der Waals surface area contributed by atoms with Crippen LogP contribution in [-0.4, -0.2) is 36.9 Å². The summed E-state index contributed by atoms with van der Waals surface area (Å²) in [7, 11) is 1.75. The van der Waals surface area contributed by atoms with Crippen LogP contribution in [0.25, 0.3) is 0 Å². The Morgan fingerprint density at radius 3 is 2.25 bits per heavy atom. The smallest absolute Gasteiger partial charge is 0.238 e. The maximum absolute atomic E-state index is 12.4. The summed E-state index contributed by atoms with van der Waals surface area (Å²) in [6.07, 6.45) is 0. The lowest BCUT2D eigenvalue weighted by Gasteiger charge is -2.20. The number of amides is 2. The molecule has 0 aromatic heterocycles. The summed E-state index contributed by atoms with van der Waals surface area (Å²) in [5.74, 6) is -0.293. The van der Waals surface area contributed by atoms with Gasteiger partial charge in [-0.2, -0.15) is 0 Å². The summed E-state index contributed by atoms with van der Waals surface area (Å²) in [5, 5.41) is 6.52. The van der Waals surface area contributed by atoms with Gasteiger partial charge in [0.1, 0.15) is 0 Å². The Morgan fingerprint density at radius 1 is 1.04 bits per heavy atom. The number of carbonyl (C=O) groups is 2. The van der Waals surface area contributed by atoms with E-state index in [1.165, 1.54) is 0 Å². The molecule has 2 N–H and O–H groups in total. The summed E-state index contributed by atoms with van der Waals surface area (Å²) < 4.78 is 0. The average Bonchev–Trinajstić information content (AvgIpc) is 2.57. The monoisotopic (exact) mass is 401 g/mol. The van der Waals surface area contributed by atoms with Gasteiger partial charge in [-0.15, -0.1) is 0 Å². The van der Waals surface area contributed by atoms with Crippen LogP contribution in [0.1, 0.15) is 35.2 Å². The van der Waals surface area contributed by atoms with Gasteiger partial charge >= 0.3 is 0 Å². The molecule has 150 valence electrons. The zero-order chi connectivity index (χ0) is 20.8. The van der Waals surface area contributed by atoms with Crippen molar-refractivity contribution < 1.29 is 9.59 Å². The van der Waals surface area contributed by atoms with Gasteiger partial charge in [-0.1, -0.05) is 41.4 Å². The third-order valence-electron chi connectivity index (χ3n) is 4.49. The first-order chi connectivity index (χ1) is 13.2. The SMILES string of the molecule is Cc1cc(C)c(NC(=O)CN(C)CC(=O)N[C@H](C)c2cccc(Cl)c2)c(C)c1. The number of rotatable bonds is 7. The number of carbonyl (C=O) groups excluding carboxylic acids is 2. The topological polar surface area (TPSA) is 61.4 Å². The predicted molar refractivity (Wildman–Crippen MR) is 115 cm³/mol. The van der Waals surface area contributed by atoms with Crippen LogP contribution in [-0.2, 0) is 9.59 Å². The molecule has 0 heterocycles. The van der Waals surface area contributed by atoms with E-state index >= 15 is 0 Å². The molecule has 2 aromatic rings. The molecule has 2 amide bonds. The first-order valence-corrected chi connectivity index (χ1v) is 9.64. The van der Waals surface area contributed by atoms with Crippen LogP contribution in [0.15, 0.2) is 36.4 Å². The van der Waals surface area contributed by atoms with Crippen molar-refractivity contribution in [2.75, 3.05) is 25.5 Å². The van der Waals surface area contributed by atoms with Crippen LogP contribution in [0, 0.1) is 20.8 Å². The molecule has 2 rings (SSSR count). The number of anilines is 1. The highest BCUT2D eigenvalue weighted by Crippen LogP contribution is 2.22. The number of hydrogen-bond acceptors (Lipinski definition) is 3. The molecule has 0 spiro atoms. The van der Waals surface area contributed by atoms with Crippen LogP contribution in [0.4, 0.5) is 5.69 Å². The molecular weight excluding hydrogens is 374 g/mol. The molecule has 0 unspecified atom stereocenters. The highest BCUT2D eigenvalue weighted by Gasteiger charge is 2.15. The number of likely N-dealkylation sites (N-methyl/N-ethyl adjacent to an activating group) is 1. The number of aryl methyl sites for hydroxylation is 3. The molecule has 0 saturated heterocycles. The lowest BCUT2D eigenvalue weighted by Crippen LogP contribution is -2.39. The molecule has 2 aromatic carbocycles. The minimum absolute atomic E-state index is 0.129. The van der Waals surface area contributed by atoms with Gasteiger partial charge in [-0.3, -0.25) is 14.5 Å². The summed E-state index contributed by atoms with van der Waals surface area (Å²) >= 11 is 6.00. The van der Waals surface area contributed by atoms with E-state index in [-0.39, 0.29) is 30.9 Å². The van der Waals surface area contributed by atoms with E-state index < -0.39 is 0 Å². The van der Waals surface area contributed by atoms with Gasteiger partial charge in [-0.05, 0) is 63.6 Å². The standard InChI is InChI=1S/C22H28ClN3O2/c1-14-9-15(2)22(16(3)10-14)25-21(28)13-26(5)12-20(27)24-17(4)18-7-6-8-19(23)11-18/h6-11,17H,12-13H2,1-5H3,(H,24,27)(H,25,28)/t17-/m1/s1. The molecule has 0 aliphatic heterocycles. The number of halogens is 1. The summed E-state index contributed by atoms with van der Waals surface area (Å²) in [6.45, 7) is 8.14. The van der Waals surface area contributed by atoms with Crippen molar-refractivity contribution >= 4 is 29.1 Å². The molecule has 1 atom stereocenters. The van der Waals surface area contributed by atoms with E-state index in [0.717, 1.165) is 27.9 Å². The Hall–Kier alpha value is -2.37. The zero-order valence-corrected chi connectivity index (χ0v) is 17.9. The minimum atomic E-state index is -0.161. The van der Waals surface area contributed by atoms with Gasteiger partial charge < -0.3 is 10.6 Å². The molecule has 0 radical (unpaired) electrons. The first-order valence-electron chi connectivity index (χ1n) is 9.26. The minimum Gasteiger partial charge on any atom is -0.348 e. The third kappa shape index (κ3) is 6.36. The summed E-state index contributed by atoms with van der Waals surface area (Å²) in [6, 6.07) is 11.3. The van der Waals surface area contributed by atoms with E-state index in [4.69, 9.17) is 11.6 Å². The van der Waals surface area contributed by atoms with Crippen LogP contribution < -0.4 is 10.6 Å². The van der Waals surface area contributed by atoms with Crippen LogP contribution in [0.2, 0.25) is 5.02 Å². The normalized spacial score (nSPS) is 12.0. The van der Waals surface area contributed by atoms with Gasteiger partial charge in [0.25, 0.3) is 0 Å². The second-order valence-electron chi connectivity index (χ2n) is 7.34. The van der Waals surface area contributed by atoms with Crippen LogP contribution in [0.5, 0.6) is 0 Å². The quantitative estimate of drug-likeness (QED) is 0.736. The molecule has 28 heavy (non-hydrogen) atoms. The van der Waals surface area contributed by atoms with Crippen molar-refractivity contribution in [3.8, 4) is 0 Å². The molecule has 6 heteroatoms. The van der Waals surface area contributed by atoms with Crippen molar-refractivity contribution in [3.05, 3.63) is 63.7 Å². The third-order valence-corrected chi connectivity index (χ3v) is 4.73. The van der Waals surface area contributed by atoms with Crippen LogP contribution in [0.3, 0.4) is 0 Å². The molecule has 5 nitrogen and oxygen atoms in total. The number of nitrogens with zero attached hydrogens (tertiary/aromatic N) is 1. The van der Waals surface area contributed by atoms with E-state index in [2.05, 4.69) is 10.6 Å². The van der Waals surface area contributed by atoms with Gasteiger partial charge in [0.2, 0.25) is 11.8 Å². The van der Waals surface area contributed by atoms with Crippen molar-refractivity contribution in [1.29, 1.82) is 0 Å². The van der Waals surface area contributed by atoms with E-state index in [1.54, 1.807) is 18.0 Å². The predicted octanol–water partition coefficient (Wildman–Crippen LogP) is 4.01. The van der Waals surface area contributed by atoms with Crippen molar-refractivity contribution in [2.24, 2.45) is 0 Å². The molecule has 0 fully saturated rings.